The number of anilines is 1. The number of sulfonamides is 1. The molecule has 0 bridgehead atoms. The lowest BCUT2D eigenvalue weighted by molar-refractivity contribution is 0.598. The molecule has 0 saturated heterocycles. The van der Waals surface area contributed by atoms with Crippen LogP contribution in [0.3, 0.4) is 0 Å². The topological polar surface area (TPSA) is 64.0 Å². The molecule has 0 spiro atoms. The number of benzene rings is 1. The number of nitrogens with one attached hydrogen (secondary N) is 1. The number of nitrogens with zero attached hydrogens (tertiary/aromatic N) is 2. The van der Waals surface area contributed by atoms with E-state index in [2.05, 4.69) is 16.7 Å². The molecule has 1 N–H and O–H groups in total. The van der Waals surface area contributed by atoms with Crippen LogP contribution in [0.1, 0.15) is 37.9 Å². The van der Waals surface area contributed by atoms with E-state index in [1.165, 1.54) is 11.8 Å². The summed E-state index contributed by atoms with van der Waals surface area (Å²) >= 11 is 0. The summed E-state index contributed by atoms with van der Waals surface area (Å²) in [6.07, 6.45) is 4.71. The summed E-state index contributed by atoms with van der Waals surface area (Å²) in [7, 11) is -3.60. The monoisotopic (exact) mass is 321 g/mol. The molecule has 0 amide bonds. The van der Waals surface area contributed by atoms with Crippen LogP contribution in [-0.4, -0.2) is 18.2 Å². The van der Waals surface area contributed by atoms with Gasteiger partial charge in [0.2, 0.25) is 0 Å². The molecule has 1 aromatic carbocycles. The van der Waals surface area contributed by atoms with Crippen LogP contribution in [-0.2, 0) is 23.0 Å². The molecule has 0 fully saturated rings. The summed E-state index contributed by atoms with van der Waals surface area (Å²) in [5, 5.41) is 4.09. The zero-order valence-electron chi connectivity index (χ0n) is 13.3. The van der Waals surface area contributed by atoms with Gasteiger partial charge in [0, 0.05) is 12.2 Å². The molecule has 1 heterocycles. The molecule has 0 radical (unpaired) electrons. The van der Waals surface area contributed by atoms with E-state index in [4.69, 9.17) is 0 Å². The maximum Gasteiger partial charge on any atom is 0.265 e. The van der Waals surface area contributed by atoms with Gasteiger partial charge in [-0.05, 0) is 44.4 Å². The quantitative estimate of drug-likeness (QED) is 0.850. The second-order valence-electron chi connectivity index (χ2n) is 5.32. The van der Waals surface area contributed by atoms with Crippen molar-refractivity contribution in [2.24, 2.45) is 0 Å². The molecular formula is C16H23N3O2S. The molecule has 0 aliphatic rings. The minimum absolute atomic E-state index is 0.226. The molecule has 0 aliphatic carbocycles. The molecule has 0 unspecified atom stereocenters. The van der Waals surface area contributed by atoms with Gasteiger partial charge in [-0.25, -0.2) is 8.42 Å². The van der Waals surface area contributed by atoms with Gasteiger partial charge in [-0.1, -0.05) is 25.5 Å². The van der Waals surface area contributed by atoms with Crippen LogP contribution in [0, 0.1) is 6.92 Å². The summed E-state index contributed by atoms with van der Waals surface area (Å²) in [6.45, 7) is 6.49. The fourth-order valence-electron chi connectivity index (χ4n) is 2.34. The third-order valence-corrected chi connectivity index (χ3v) is 5.16. The van der Waals surface area contributed by atoms with Gasteiger partial charge in [0.05, 0.1) is 11.9 Å². The fourth-order valence-corrected chi connectivity index (χ4v) is 3.58. The van der Waals surface area contributed by atoms with Crippen molar-refractivity contribution >= 4 is 15.7 Å². The number of rotatable bonds is 7. The zero-order valence-corrected chi connectivity index (χ0v) is 14.2. The maximum absolute atomic E-state index is 12.4. The first-order chi connectivity index (χ1) is 10.5. The Labute approximate surface area is 132 Å². The molecule has 0 saturated carbocycles. The van der Waals surface area contributed by atoms with E-state index in [1.807, 2.05) is 31.2 Å². The molecule has 22 heavy (non-hydrogen) atoms. The fraction of sp³-hybridized carbons (Fsp3) is 0.438. The summed E-state index contributed by atoms with van der Waals surface area (Å²) in [5.74, 6) is 0. The molecule has 2 aromatic rings. The van der Waals surface area contributed by atoms with Gasteiger partial charge < -0.3 is 0 Å². The normalized spacial score (nSPS) is 11.6. The number of hydrogen-bond acceptors (Lipinski definition) is 3. The summed E-state index contributed by atoms with van der Waals surface area (Å²) in [5.41, 5.74) is 2.44. The van der Waals surface area contributed by atoms with E-state index < -0.39 is 10.0 Å². The highest BCUT2D eigenvalue weighted by Crippen LogP contribution is 2.19. The Morgan fingerprint density at radius 1 is 1.18 bits per heavy atom. The van der Waals surface area contributed by atoms with Gasteiger partial charge in [-0.2, -0.15) is 5.10 Å². The molecule has 5 nitrogen and oxygen atoms in total. The minimum atomic E-state index is -3.60. The summed E-state index contributed by atoms with van der Waals surface area (Å²) in [4.78, 5) is 0.226. The lowest BCUT2D eigenvalue weighted by Crippen LogP contribution is -2.14. The third kappa shape index (κ3) is 3.68. The number of aromatic nitrogens is 2. The number of aryl methyl sites for hydroxylation is 2. The van der Waals surface area contributed by atoms with E-state index >= 15 is 0 Å². The van der Waals surface area contributed by atoms with Crippen LogP contribution in [0.5, 0.6) is 0 Å². The number of unbranched alkanes of at least 4 members (excludes halogenated alkanes) is 1. The van der Waals surface area contributed by atoms with Crippen LogP contribution in [0.4, 0.5) is 5.69 Å². The van der Waals surface area contributed by atoms with Crippen molar-refractivity contribution in [3.63, 3.8) is 0 Å². The van der Waals surface area contributed by atoms with E-state index in [1.54, 1.807) is 11.6 Å². The first kappa shape index (κ1) is 16.5. The number of hydrogen-bond donors (Lipinski definition) is 1. The van der Waals surface area contributed by atoms with Crippen molar-refractivity contribution < 1.29 is 8.42 Å². The Bertz CT molecular complexity index is 718. The van der Waals surface area contributed by atoms with Gasteiger partial charge in [-0.3, -0.25) is 9.40 Å². The van der Waals surface area contributed by atoms with E-state index in [0.717, 1.165) is 19.3 Å². The van der Waals surface area contributed by atoms with Crippen LogP contribution in [0.25, 0.3) is 0 Å². The molecule has 2 rings (SSSR count). The van der Waals surface area contributed by atoms with E-state index in [-0.39, 0.29) is 4.90 Å². The Balaban J connectivity index is 2.16. The van der Waals surface area contributed by atoms with Gasteiger partial charge in [-0.15, -0.1) is 0 Å². The first-order valence-corrected chi connectivity index (χ1v) is 9.10. The van der Waals surface area contributed by atoms with Gasteiger partial charge in [0.25, 0.3) is 10.0 Å². The zero-order chi connectivity index (χ0) is 16.2. The lowest BCUT2D eigenvalue weighted by atomic mass is 10.1. The predicted octanol–water partition coefficient (Wildman–Crippen LogP) is 3.35. The highest BCUT2D eigenvalue weighted by atomic mass is 32.2. The highest BCUT2D eigenvalue weighted by molar-refractivity contribution is 7.92. The van der Waals surface area contributed by atoms with Crippen LogP contribution >= 0.6 is 0 Å². The molecule has 1 aromatic heterocycles. The highest BCUT2D eigenvalue weighted by Gasteiger charge is 2.20. The van der Waals surface area contributed by atoms with E-state index in [9.17, 15) is 8.42 Å². The van der Waals surface area contributed by atoms with Crippen LogP contribution in [0.15, 0.2) is 35.4 Å². The molecular weight excluding hydrogens is 298 g/mol. The largest absolute Gasteiger partial charge is 0.280 e. The average molecular weight is 321 g/mol. The minimum Gasteiger partial charge on any atom is -0.280 e. The van der Waals surface area contributed by atoms with Gasteiger partial charge in [0.1, 0.15) is 4.90 Å². The Kier molecular flexibility index (Phi) is 5.24. The Morgan fingerprint density at radius 3 is 2.41 bits per heavy atom. The summed E-state index contributed by atoms with van der Waals surface area (Å²) in [6, 6.07) is 7.55. The van der Waals surface area contributed by atoms with Crippen molar-refractivity contribution in [1.29, 1.82) is 0 Å². The molecule has 0 aliphatic heterocycles. The van der Waals surface area contributed by atoms with Crippen LogP contribution in [0.2, 0.25) is 0 Å². The van der Waals surface area contributed by atoms with Crippen molar-refractivity contribution in [2.45, 2.75) is 51.5 Å². The van der Waals surface area contributed by atoms with E-state index in [0.29, 0.717) is 17.9 Å². The standard InChI is InChI=1S/C16H23N3O2S/c1-4-6-7-14-8-10-15(11-9-14)18-22(20,21)16-12-17-19(5-2)13(16)3/h8-12,18H,4-7H2,1-3H3. The maximum atomic E-state index is 12.4. The lowest BCUT2D eigenvalue weighted by Gasteiger charge is -2.09. The smallest absolute Gasteiger partial charge is 0.265 e. The Morgan fingerprint density at radius 2 is 1.86 bits per heavy atom. The Hall–Kier alpha value is -1.82. The van der Waals surface area contributed by atoms with Gasteiger partial charge >= 0.3 is 0 Å². The first-order valence-electron chi connectivity index (χ1n) is 7.62. The molecule has 120 valence electrons. The second-order valence-corrected chi connectivity index (χ2v) is 6.97. The SMILES string of the molecule is CCCCc1ccc(NS(=O)(=O)c2cnn(CC)c2C)cc1. The third-order valence-electron chi connectivity index (χ3n) is 3.67. The van der Waals surface area contributed by atoms with Gasteiger partial charge in [0.15, 0.2) is 0 Å². The molecule has 0 atom stereocenters. The average Bonchev–Trinajstić information content (AvgIpc) is 2.88. The van der Waals surface area contributed by atoms with Crippen molar-refractivity contribution in [3.8, 4) is 0 Å². The predicted molar refractivity (Wildman–Crippen MR) is 88.5 cm³/mol. The summed E-state index contributed by atoms with van der Waals surface area (Å²) < 4.78 is 29.2. The molecule has 6 heteroatoms. The van der Waals surface area contributed by atoms with Crippen molar-refractivity contribution in [3.05, 3.63) is 41.7 Å². The van der Waals surface area contributed by atoms with Crippen LogP contribution < -0.4 is 4.72 Å². The van der Waals surface area contributed by atoms with Crippen molar-refractivity contribution in [1.82, 2.24) is 9.78 Å². The second kappa shape index (κ2) is 6.96. The van der Waals surface area contributed by atoms with Crippen molar-refractivity contribution in [2.75, 3.05) is 4.72 Å².